The highest BCUT2D eigenvalue weighted by Crippen LogP contribution is 2.63. The molecular weight excluding hydrogens is 358 g/mol. The third-order valence-corrected chi connectivity index (χ3v) is 9.21. The molecule has 2 aromatic rings. The van der Waals surface area contributed by atoms with Crippen LogP contribution in [-0.4, -0.2) is 21.8 Å². The van der Waals surface area contributed by atoms with Gasteiger partial charge in [0.05, 0.1) is 5.69 Å². The Labute approximate surface area is 172 Å². The number of nitrogens with one attached hydrogen (secondary N) is 1. The Bertz CT molecular complexity index is 1070. The molecule has 2 aromatic heterocycles. The molecule has 1 N–H and O–H groups in total. The number of carbonyl (C=O) groups excluding carboxylic acids is 1. The van der Waals surface area contributed by atoms with E-state index in [-0.39, 0.29) is 16.7 Å². The van der Waals surface area contributed by atoms with Crippen LogP contribution < -0.4 is 5.32 Å². The molecule has 29 heavy (non-hydrogen) atoms. The standard InChI is InChI=1S/C25H31N3O/c1-15-7-11-28-20-14-19-17-5-4-16-13-22(29)26-10-9-24(16,2)18(17)6-8-25(19,3)23(20)27-21(28)12-15/h7,11-13,17-19H,4-6,8-10,14H2,1-3H3,(H,26,29)/t17-,18+,19+,24+,25+/m1/s1. The first-order valence-electron chi connectivity index (χ1n) is 11.4. The molecule has 0 bridgehead atoms. The number of pyridine rings is 1. The zero-order chi connectivity index (χ0) is 20.0. The maximum atomic E-state index is 12.1. The van der Waals surface area contributed by atoms with Gasteiger partial charge >= 0.3 is 0 Å². The van der Waals surface area contributed by atoms with Crippen molar-refractivity contribution in [3.05, 3.63) is 46.9 Å². The zero-order valence-corrected chi connectivity index (χ0v) is 17.8. The molecule has 0 saturated heterocycles. The number of nitrogens with zero attached hydrogens (tertiary/aromatic N) is 2. The number of carbonyl (C=O) groups is 1. The minimum atomic E-state index is 0.117. The lowest BCUT2D eigenvalue weighted by Gasteiger charge is -2.56. The van der Waals surface area contributed by atoms with Crippen molar-refractivity contribution in [1.29, 1.82) is 0 Å². The first kappa shape index (κ1) is 17.7. The number of hydrogen-bond donors (Lipinski definition) is 1. The summed E-state index contributed by atoms with van der Waals surface area (Å²) in [6.45, 7) is 7.90. The highest BCUT2D eigenvalue weighted by molar-refractivity contribution is 5.88. The molecule has 0 radical (unpaired) electrons. The van der Waals surface area contributed by atoms with Crippen LogP contribution in [0, 0.1) is 30.1 Å². The number of imidazole rings is 1. The van der Waals surface area contributed by atoms with Crippen LogP contribution in [0.3, 0.4) is 0 Å². The molecule has 4 aliphatic rings. The van der Waals surface area contributed by atoms with Gasteiger partial charge in [0.2, 0.25) is 5.91 Å². The lowest BCUT2D eigenvalue weighted by Crippen LogP contribution is -2.50. The van der Waals surface area contributed by atoms with Crippen molar-refractivity contribution in [2.75, 3.05) is 6.54 Å². The van der Waals surface area contributed by atoms with Crippen molar-refractivity contribution in [2.45, 2.75) is 64.7 Å². The smallest absolute Gasteiger partial charge is 0.243 e. The van der Waals surface area contributed by atoms with Gasteiger partial charge in [-0.2, -0.15) is 0 Å². The summed E-state index contributed by atoms with van der Waals surface area (Å²) >= 11 is 0. The second-order valence-electron chi connectivity index (χ2n) is 10.5. The third kappa shape index (κ3) is 2.26. The lowest BCUT2D eigenvalue weighted by atomic mass is 9.48. The summed E-state index contributed by atoms with van der Waals surface area (Å²) in [4.78, 5) is 17.3. The van der Waals surface area contributed by atoms with Crippen LogP contribution in [0.25, 0.3) is 5.65 Å². The Morgan fingerprint density at radius 3 is 2.90 bits per heavy atom. The maximum absolute atomic E-state index is 12.1. The highest BCUT2D eigenvalue weighted by Gasteiger charge is 2.58. The summed E-state index contributed by atoms with van der Waals surface area (Å²) in [6.07, 6.45) is 11.2. The van der Waals surface area contributed by atoms with Crippen LogP contribution in [0.15, 0.2) is 30.0 Å². The van der Waals surface area contributed by atoms with Gasteiger partial charge in [-0.1, -0.05) is 19.4 Å². The van der Waals surface area contributed by atoms with E-state index in [1.165, 1.54) is 41.8 Å². The third-order valence-electron chi connectivity index (χ3n) is 9.21. The highest BCUT2D eigenvalue weighted by atomic mass is 16.1. The average Bonchev–Trinajstić information content (AvgIpc) is 3.12. The number of hydrogen-bond acceptors (Lipinski definition) is 2. The Balaban J connectivity index is 1.41. The maximum Gasteiger partial charge on any atom is 0.243 e. The van der Waals surface area contributed by atoms with Crippen molar-refractivity contribution in [1.82, 2.24) is 14.7 Å². The molecule has 0 unspecified atom stereocenters. The van der Waals surface area contributed by atoms with E-state index >= 15 is 0 Å². The number of fused-ring (bicyclic) bond motifs is 9. The predicted molar refractivity (Wildman–Crippen MR) is 114 cm³/mol. The fraction of sp³-hybridized carbons (Fsp3) is 0.600. The minimum absolute atomic E-state index is 0.117. The molecule has 3 aliphatic carbocycles. The van der Waals surface area contributed by atoms with Gasteiger partial charge < -0.3 is 9.72 Å². The summed E-state index contributed by atoms with van der Waals surface area (Å²) in [5.74, 6) is 2.23. The van der Waals surface area contributed by atoms with Crippen molar-refractivity contribution in [3.63, 3.8) is 0 Å². The fourth-order valence-corrected chi connectivity index (χ4v) is 7.61. The SMILES string of the molecule is Cc1ccn2c3c(nc2c1)[C@@]1(C)CC[C@H]2[C@@H](CCC4=CC(=O)NCC[C@@]42C)[C@@H]1C3. The van der Waals surface area contributed by atoms with E-state index in [1.54, 1.807) is 0 Å². The largest absolute Gasteiger partial charge is 0.353 e. The topological polar surface area (TPSA) is 46.4 Å². The van der Waals surface area contributed by atoms with E-state index < -0.39 is 0 Å². The Morgan fingerprint density at radius 1 is 1.17 bits per heavy atom. The van der Waals surface area contributed by atoms with E-state index in [0.717, 1.165) is 37.4 Å². The van der Waals surface area contributed by atoms with Gasteiger partial charge in [-0.05, 0) is 86.3 Å². The van der Waals surface area contributed by atoms with Gasteiger partial charge in [-0.15, -0.1) is 0 Å². The normalized spacial score (nSPS) is 38.4. The molecule has 1 aliphatic heterocycles. The first-order valence-corrected chi connectivity index (χ1v) is 11.4. The van der Waals surface area contributed by atoms with E-state index in [4.69, 9.17) is 4.98 Å². The van der Waals surface area contributed by atoms with Crippen molar-refractivity contribution in [3.8, 4) is 0 Å². The van der Waals surface area contributed by atoms with Gasteiger partial charge in [-0.3, -0.25) is 4.79 Å². The molecule has 3 heterocycles. The minimum Gasteiger partial charge on any atom is -0.353 e. The van der Waals surface area contributed by atoms with Crippen molar-refractivity contribution >= 4 is 11.6 Å². The Kier molecular flexibility index (Phi) is 3.51. The summed E-state index contributed by atoms with van der Waals surface area (Å²) in [5.41, 5.74) is 7.01. The van der Waals surface area contributed by atoms with Gasteiger partial charge in [-0.25, -0.2) is 4.98 Å². The monoisotopic (exact) mass is 389 g/mol. The number of amides is 1. The van der Waals surface area contributed by atoms with Crippen molar-refractivity contribution in [2.24, 2.45) is 23.2 Å². The van der Waals surface area contributed by atoms with Gasteiger partial charge in [0.25, 0.3) is 0 Å². The lowest BCUT2D eigenvalue weighted by molar-refractivity contribution is -0.116. The Hall–Kier alpha value is -2.10. The van der Waals surface area contributed by atoms with E-state index in [2.05, 4.69) is 48.8 Å². The summed E-state index contributed by atoms with van der Waals surface area (Å²) in [5, 5.41) is 3.08. The molecule has 4 heteroatoms. The summed E-state index contributed by atoms with van der Waals surface area (Å²) in [7, 11) is 0. The van der Waals surface area contributed by atoms with E-state index in [9.17, 15) is 4.79 Å². The summed E-state index contributed by atoms with van der Waals surface area (Å²) < 4.78 is 2.35. The zero-order valence-electron chi connectivity index (χ0n) is 17.8. The summed E-state index contributed by atoms with van der Waals surface area (Å²) in [6, 6.07) is 4.42. The van der Waals surface area contributed by atoms with Crippen LogP contribution in [-0.2, 0) is 16.6 Å². The van der Waals surface area contributed by atoms with Crippen LogP contribution in [0.1, 0.15) is 62.9 Å². The molecule has 152 valence electrons. The van der Waals surface area contributed by atoms with Gasteiger partial charge in [0, 0.05) is 29.9 Å². The number of allylic oxidation sites excluding steroid dienone is 1. The molecule has 2 fully saturated rings. The number of aryl methyl sites for hydroxylation is 1. The molecule has 0 aromatic carbocycles. The quantitative estimate of drug-likeness (QED) is 0.728. The second kappa shape index (κ2) is 5.74. The van der Waals surface area contributed by atoms with E-state index in [0.29, 0.717) is 11.8 Å². The fourth-order valence-electron chi connectivity index (χ4n) is 7.61. The van der Waals surface area contributed by atoms with Crippen LogP contribution in [0.4, 0.5) is 0 Å². The van der Waals surface area contributed by atoms with Crippen LogP contribution in [0.5, 0.6) is 0 Å². The number of rotatable bonds is 0. The molecule has 1 amide bonds. The van der Waals surface area contributed by atoms with Crippen LogP contribution >= 0.6 is 0 Å². The Morgan fingerprint density at radius 2 is 2.03 bits per heavy atom. The molecule has 6 rings (SSSR count). The molecular formula is C25H31N3O. The second-order valence-corrected chi connectivity index (χ2v) is 10.5. The first-order chi connectivity index (χ1) is 13.9. The molecule has 4 nitrogen and oxygen atoms in total. The molecule has 2 saturated carbocycles. The van der Waals surface area contributed by atoms with Gasteiger partial charge in [0.15, 0.2) is 0 Å². The van der Waals surface area contributed by atoms with Crippen molar-refractivity contribution < 1.29 is 4.79 Å². The predicted octanol–water partition coefficient (Wildman–Crippen LogP) is 4.35. The van der Waals surface area contributed by atoms with Crippen LogP contribution in [0.2, 0.25) is 0 Å². The molecule has 5 atom stereocenters. The van der Waals surface area contributed by atoms with E-state index in [1.807, 2.05) is 6.08 Å². The number of aromatic nitrogens is 2. The van der Waals surface area contributed by atoms with Gasteiger partial charge in [0.1, 0.15) is 5.65 Å². The average molecular weight is 390 g/mol. The molecule has 0 spiro atoms.